The Labute approximate surface area is 205 Å². The van der Waals surface area contributed by atoms with Crippen LogP contribution in [0.3, 0.4) is 0 Å². The van der Waals surface area contributed by atoms with Gasteiger partial charge in [0.05, 0.1) is 0 Å². The van der Waals surface area contributed by atoms with Crippen molar-refractivity contribution in [3.63, 3.8) is 0 Å². The largest absolute Gasteiger partial charge is 0.0616 e. The molecule has 0 nitrogen and oxygen atoms in total. The fourth-order valence-electron chi connectivity index (χ4n) is 5.76. The van der Waals surface area contributed by atoms with Crippen LogP contribution in [0.25, 0.3) is 65.3 Å². The van der Waals surface area contributed by atoms with Crippen LogP contribution in [0.1, 0.15) is 5.56 Å². The minimum absolute atomic E-state index is 1.26. The number of aryl methyl sites for hydroxylation is 1. The van der Waals surface area contributed by atoms with E-state index in [1.165, 1.54) is 70.9 Å². The zero-order chi connectivity index (χ0) is 23.4. The molecule has 0 unspecified atom stereocenters. The molecule has 0 aromatic heterocycles. The first-order valence-corrected chi connectivity index (χ1v) is 12.2. The van der Waals surface area contributed by atoms with E-state index in [1.807, 2.05) is 0 Å². The molecule has 0 atom stereocenters. The number of fused-ring (bicyclic) bond motifs is 4. The molecular formula is C35H24. The van der Waals surface area contributed by atoms with Crippen molar-refractivity contribution < 1.29 is 0 Å². The van der Waals surface area contributed by atoms with Gasteiger partial charge in [-0.3, -0.25) is 0 Å². The van der Waals surface area contributed by atoms with E-state index in [-0.39, 0.29) is 0 Å². The molecule has 0 aliphatic carbocycles. The van der Waals surface area contributed by atoms with Crippen LogP contribution in [0.5, 0.6) is 0 Å². The molecule has 0 fully saturated rings. The topological polar surface area (TPSA) is 0 Å². The molecule has 0 heterocycles. The summed E-state index contributed by atoms with van der Waals surface area (Å²) >= 11 is 0. The lowest BCUT2D eigenvalue weighted by Crippen LogP contribution is -1.92. The van der Waals surface area contributed by atoms with Crippen molar-refractivity contribution >= 4 is 43.1 Å². The van der Waals surface area contributed by atoms with Crippen LogP contribution >= 0.6 is 0 Å². The predicted molar refractivity (Wildman–Crippen MR) is 152 cm³/mol. The minimum Gasteiger partial charge on any atom is -0.0616 e. The zero-order valence-electron chi connectivity index (χ0n) is 19.6. The molecule has 164 valence electrons. The summed E-state index contributed by atoms with van der Waals surface area (Å²) in [6.07, 6.45) is 0. The number of rotatable bonds is 2. The van der Waals surface area contributed by atoms with Crippen LogP contribution < -0.4 is 0 Å². The van der Waals surface area contributed by atoms with Crippen LogP contribution in [0, 0.1) is 6.92 Å². The second-order valence-corrected chi connectivity index (χ2v) is 9.38. The molecular weight excluding hydrogens is 420 g/mol. The molecule has 0 saturated carbocycles. The fourth-order valence-corrected chi connectivity index (χ4v) is 5.76. The maximum absolute atomic E-state index is 2.34. The molecule has 0 heteroatoms. The zero-order valence-corrected chi connectivity index (χ0v) is 19.6. The molecule has 0 spiro atoms. The van der Waals surface area contributed by atoms with Crippen molar-refractivity contribution in [3.8, 4) is 22.3 Å². The van der Waals surface area contributed by atoms with Crippen LogP contribution in [0.2, 0.25) is 0 Å². The van der Waals surface area contributed by atoms with E-state index < -0.39 is 0 Å². The van der Waals surface area contributed by atoms with E-state index in [2.05, 4.69) is 134 Å². The van der Waals surface area contributed by atoms with Gasteiger partial charge >= 0.3 is 0 Å². The van der Waals surface area contributed by atoms with Crippen molar-refractivity contribution in [3.05, 3.63) is 133 Å². The first kappa shape index (κ1) is 20.0. The maximum Gasteiger partial charge on any atom is -0.00201 e. The molecule has 35 heavy (non-hydrogen) atoms. The van der Waals surface area contributed by atoms with Crippen molar-refractivity contribution in [1.82, 2.24) is 0 Å². The lowest BCUT2D eigenvalue weighted by molar-refractivity contribution is 1.53. The van der Waals surface area contributed by atoms with Gasteiger partial charge in [0.25, 0.3) is 0 Å². The van der Waals surface area contributed by atoms with E-state index in [0.29, 0.717) is 0 Å². The van der Waals surface area contributed by atoms with Crippen LogP contribution in [-0.4, -0.2) is 0 Å². The summed E-state index contributed by atoms with van der Waals surface area (Å²) in [6.45, 7) is 2.20. The fraction of sp³-hybridized carbons (Fsp3) is 0.0286. The molecule has 0 saturated heterocycles. The minimum atomic E-state index is 1.26. The highest BCUT2D eigenvalue weighted by molar-refractivity contribution is 6.23. The van der Waals surface area contributed by atoms with E-state index >= 15 is 0 Å². The summed E-state index contributed by atoms with van der Waals surface area (Å²) in [4.78, 5) is 0. The van der Waals surface area contributed by atoms with Crippen LogP contribution in [0.4, 0.5) is 0 Å². The number of hydrogen-bond acceptors (Lipinski definition) is 0. The van der Waals surface area contributed by atoms with Gasteiger partial charge in [-0.2, -0.15) is 0 Å². The van der Waals surface area contributed by atoms with E-state index in [9.17, 15) is 0 Å². The Kier molecular flexibility index (Phi) is 4.47. The summed E-state index contributed by atoms with van der Waals surface area (Å²) in [5, 5.41) is 10.3. The third-order valence-corrected chi connectivity index (χ3v) is 7.38. The highest BCUT2D eigenvalue weighted by Gasteiger charge is 2.18. The first-order valence-electron chi connectivity index (χ1n) is 12.2. The summed E-state index contributed by atoms with van der Waals surface area (Å²) in [7, 11) is 0. The Morgan fingerprint density at radius 2 is 0.914 bits per heavy atom. The monoisotopic (exact) mass is 444 g/mol. The molecule has 7 rings (SSSR count). The van der Waals surface area contributed by atoms with Crippen molar-refractivity contribution in [2.45, 2.75) is 6.92 Å². The average Bonchev–Trinajstić information content (AvgIpc) is 2.91. The van der Waals surface area contributed by atoms with Crippen LogP contribution in [0.15, 0.2) is 127 Å². The van der Waals surface area contributed by atoms with Gasteiger partial charge in [0.15, 0.2) is 0 Å². The second kappa shape index (κ2) is 7.82. The Balaban J connectivity index is 1.65. The Morgan fingerprint density at radius 1 is 0.371 bits per heavy atom. The Hall–Kier alpha value is -4.42. The third-order valence-electron chi connectivity index (χ3n) is 7.38. The number of benzene rings is 7. The summed E-state index contributed by atoms with van der Waals surface area (Å²) in [5.74, 6) is 0. The SMILES string of the molecule is Cc1cccc2c(-c3c4ccccc4c(-c4ccc5ccccc5c4)c4ccccc34)cccc12. The Bertz CT molecular complexity index is 1850. The smallest absolute Gasteiger partial charge is 0.00201 e. The van der Waals surface area contributed by atoms with E-state index in [0.717, 1.165) is 0 Å². The van der Waals surface area contributed by atoms with E-state index in [1.54, 1.807) is 0 Å². The highest BCUT2D eigenvalue weighted by Crippen LogP contribution is 2.45. The normalized spacial score (nSPS) is 11.6. The Morgan fingerprint density at radius 3 is 1.63 bits per heavy atom. The predicted octanol–water partition coefficient (Wildman–Crippen LogP) is 9.94. The van der Waals surface area contributed by atoms with Gasteiger partial charge in [-0.15, -0.1) is 0 Å². The number of hydrogen-bond donors (Lipinski definition) is 0. The third kappa shape index (κ3) is 3.07. The van der Waals surface area contributed by atoms with Gasteiger partial charge in [0.2, 0.25) is 0 Å². The second-order valence-electron chi connectivity index (χ2n) is 9.38. The van der Waals surface area contributed by atoms with Gasteiger partial charge in [-0.1, -0.05) is 121 Å². The molecule has 0 amide bonds. The molecule has 7 aromatic carbocycles. The first-order chi connectivity index (χ1) is 17.3. The summed E-state index contributed by atoms with van der Waals surface area (Å²) in [5.41, 5.74) is 6.49. The summed E-state index contributed by atoms with van der Waals surface area (Å²) < 4.78 is 0. The van der Waals surface area contributed by atoms with Crippen molar-refractivity contribution in [1.29, 1.82) is 0 Å². The average molecular weight is 445 g/mol. The molecule has 0 N–H and O–H groups in total. The molecule has 0 aliphatic rings. The molecule has 0 bridgehead atoms. The quantitative estimate of drug-likeness (QED) is 0.233. The van der Waals surface area contributed by atoms with Crippen molar-refractivity contribution in [2.75, 3.05) is 0 Å². The molecule has 0 radical (unpaired) electrons. The summed E-state index contributed by atoms with van der Waals surface area (Å²) in [6, 6.07) is 46.6. The van der Waals surface area contributed by atoms with Gasteiger partial charge in [-0.05, 0) is 83.9 Å². The lowest BCUT2D eigenvalue weighted by Gasteiger charge is -2.19. The maximum atomic E-state index is 2.34. The van der Waals surface area contributed by atoms with Crippen molar-refractivity contribution in [2.24, 2.45) is 0 Å². The van der Waals surface area contributed by atoms with Gasteiger partial charge in [-0.25, -0.2) is 0 Å². The molecule has 0 aliphatic heterocycles. The van der Waals surface area contributed by atoms with Gasteiger partial charge in [0, 0.05) is 0 Å². The lowest BCUT2D eigenvalue weighted by atomic mass is 9.84. The highest BCUT2D eigenvalue weighted by atomic mass is 14.2. The van der Waals surface area contributed by atoms with E-state index in [4.69, 9.17) is 0 Å². The van der Waals surface area contributed by atoms with Gasteiger partial charge in [0.1, 0.15) is 0 Å². The molecule has 7 aromatic rings. The van der Waals surface area contributed by atoms with Crippen LogP contribution in [-0.2, 0) is 0 Å². The standard InChI is InChI=1S/C35H24/c1-23-10-8-18-28-27(23)17-9-19-29(28)35-32-15-6-4-13-30(32)34(31-14-5-7-16-33(31)35)26-21-20-24-11-2-3-12-25(24)22-26/h2-22H,1H3. The van der Waals surface area contributed by atoms with Gasteiger partial charge < -0.3 is 0 Å².